The van der Waals surface area contributed by atoms with Gasteiger partial charge in [-0.15, -0.1) is 0 Å². The minimum Gasteiger partial charge on any atom is -0.394 e. The molecule has 3 aromatic carbocycles. The number of nitrogens with zero attached hydrogens (tertiary/aromatic N) is 3. The lowest BCUT2D eigenvalue weighted by Crippen LogP contribution is -2.48. The third kappa shape index (κ3) is 5.38. The van der Waals surface area contributed by atoms with Gasteiger partial charge in [0.05, 0.1) is 30.3 Å². The predicted molar refractivity (Wildman–Crippen MR) is 165 cm³/mol. The number of amides is 1. The SMILES string of the molecule is Cc1ccccc1S(=O)(=O)N(C)C[C@H]1OCc2ccccc2-c2c(n(C)c3ccccc23)C(=O)N([C@H](C)CO)C[C@@H]1C. The van der Waals surface area contributed by atoms with Gasteiger partial charge in [0.1, 0.15) is 5.69 Å². The summed E-state index contributed by atoms with van der Waals surface area (Å²) >= 11 is 0. The van der Waals surface area contributed by atoms with Crippen LogP contribution in [0.3, 0.4) is 0 Å². The number of sulfonamides is 1. The second-order valence-electron chi connectivity index (χ2n) is 11.3. The molecule has 1 aliphatic rings. The number of fused-ring (bicyclic) bond motifs is 5. The highest BCUT2D eigenvalue weighted by Crippen LogP contribution is 2.38. The van der Waals surface area contributed by atoms with Crippen molar-refractivity contribution in [2.75, 3.05) is 26.7 Å². The van der Waals surface area contributed by atoms with E-state index < -0.39 is 22.2 Å². The maximum Gasteiger partial charge on any atom is 0.271 e. The Labute approximate surface area is 248 Å². The number of benzene rings is 3. The summed E-state index contributed by atoms with van der Waals surface area (Å²) in [6, 6.07) is 22.3. The van der Waals surface area contributed by atoms with Gasteiger partial charge in [-0.3, -0.25) is 4.79 Å². The van der Waals surface area contributed by atoms with Gasteiger partial charge in [-0.2, -0.15) is 4.31 Å². The summed E-state index contributed by atoms with van der Waals surface area (Å²) in [5.74, 6) is -0.436. The Kier molecular flexibility index (Phi) is 8.57. The van der Waals surface area contributed by atoms with Gasteiger partial charge < -0.3 is 19.3 Å². The summed E-state index contributed by atoms with van der Waals surface area (Å²) < 4.78 is 37.0. The first kappa shape index (κ1) is 30.0. The highest BCUT2D eigenvalue weighted by molar-refractivity contribution is 7.89. The van der Waals surface area contributed by atoms with Crippen LogP contribution < -0.4 is 0 Å². The van der Waals surface area contributed by atoms with Gasteiger partial charge >= 0.3 is 0 Å². The summed E-state index contributed by atoms with van der Waals surface area (Å²) in [5, 5.41) is 11.2. The number of carbonyl (C=O) groups excluding carboxylic acids is 1. The molecule has 0 bridgehead atoms. The molecule has 0 aliphatic carbocycles. The second kappa shape index (κ2) is 12.0. The fraction of sp³-hybridized carbons (Fsp3) is 0.364. The number of ether oxygens (including phenoxy) is 1. The van der Waals surface area contributed by atoms with Crippen molar-refractivity contribution in [1.29, 1.82) is 0 Å². The molecule has 1 N–H and O–H groups in total. The molecule has 8 nitrogen and oxygen atoms in total. The fourth-order valence-electron chi connectivity index (χ4n) is 5.89. The highest BCUT2D eigenvalue weighted by atomic mass is 32.2. The lowest BCUT2D eigenvalue weighted by atomic mass is 9.96. The molecule has 4 aromatic rings. The van der Waals surface area contributed by atoms with E-state index in [2.05, 4.69) is 0 Å². The third-order valence-electron chi connectivity index (χ3n) is 8.44. The summed E-state index contributed by atoms with van der Waals surface area (Å²) in [4.78, 5) is 16.4. The van der Waals surface area contributed by atoms with E-state index >= 15 is 0 Å². The van der Waals surface area contributed by atoms with Crippen LogP contribution in [0.15, 0.2) is 77.7 Å². The van der Waals surface area contributed by atoms with Crippen LogP contribution in [0.1, 0.15) is 35.5 Å². The fourth-order valence-corrected chi connectivity index (χ4v) is 7.30. The number of hydrogen-bond acceptors (Lipinski definition) is 5. The Bertz CT molecular complexity index is 1710. The molecular formula is C33H39N3O5S. The predicted octanol–water partition coefficient (Wildman–Crippen LogP) is 4.83. The van der Waals surface area contributed by atoms with Gasteiger partial charge in [-0.1, -0.05) is 67.6 Å². The van der Waals surface area contributed by atoms with E-state index in [-0.39, 0.29) is 43.0 Å². The van der Waals surface area contributed by atoms with Crippen LogP contribution in [-0.4, -0.2) is 72.1 Å². The zero-order valence-corrected chi connectivity index (χ0v) is 25.6. The molecule has 0 saturated carbocycles. The standard InChI is InChI=1S/C33H39N3O5S/c1-22-12-6-11-17-30(22)42(39,40)34(4)19-29-23(2)18-36(24(3)20-37)33(38)32-31(26-14-8-7-13-25(26)21-41-29)27-15-9-10-16-28(27)35(32)5/h6-17,23-24,29,37H,18-21H2,1-5H3/t23-,24+,29+/m0/s1. The molecular weight excluding hydrogens is 550 g/mol. The van der Waals surface area contributed by atoms with Crippen molar-refractivity contribution in [3.05, 3.63) is 89.6 Å². The van der Waals surface area contributed by atoms with E-state index in [0.29, 0.717) is 11.3 Å². The van der Waals surface area contributed by atoms with Crippen molar-refractivity contribution in [1.82, 2.24) is 13.8 Å². The van der Waals surface area contributed by atoms with Gasteiger partial charge in [-0.05, 0) is 42.7 Å². The maximum absolute atomic E-state index is 14.5. The van der Waals surface area contributed by atoms with Crippen LogP contribution in [0.5, 0.6) is 0 Å². The molecule has 1 amide bonds. The minimum atomic E-state index is -3.78. The molecule has 2 heterocycles. The molecule has 1 aromatic heterocycles. The van der Waals surface area contributed by atoms with E-state index in [4.69, 9.17) is 4.74 Å². The van der Waals surface area contributed by atoms with E-state index in [1.807, 2.05) is 80.1 Å². The number of aryl methyl sites for hydroxylation is 2. The quantitative estimate of drug-likeness (QED) is 0.348. The molecule has 0 unspecified atom stereocenters. The van der Waals surface area contributed by atoms with Crippen molar-refractivity contribution in [3.63, 3.8) is 0 Å². The number of aliphatic hydroxyl groups excluding tert-OH is 1. The van der Waals surface area contributed by atoms with E-state index in [9.17, 15) is 18.3 Å². The van der Waals surface area contributed by atoms with Crippen LogP contribution in [0.25, 0.3) is 22.0 Å². The van der Waals surface area contributed by atoms with Gasteiger partial charge in [0, 0.05) is 49.6 Å². The smallest absolute Gasteiger partial charge is 0.271 e. The Balaban J connectivity index is 1.61. The largest absolute Gasteiger partial charge is 0.394 e. The highest BCUT2D eigenvalue weighted by Gasteiger charge is 2.35. The first-order valence-electron chi connectivity index (χ1n) is 14.3. The molecule has 42 heavy (non-hydrogen) atoms. The topological polar surface area (TPSA) is 92.1 Å². The van der Waals surface area contributed by atoms with Gasteiger partial charge in [-0.25, -0.2) is 8.42 Å². The molecule has 3 atom stereocenters. The Morgan fingerprint density at radius 3 is 2.45 bits per heavy atom. The maximum atomic E-state index is 14.5. The zero-order chi connectivity index (χ0) is 30.2. The Morgan fingerprint density at radius 2 is 1.71 bits per heavy atom. The average molecular weight is 590 g/mol. The lowest BCUT2D eigenvalue weighted by Gasteiger charge is -2.35. The number of hydrogen-bond donors (Lipinski definition) is 1. The van der Waals surface area contributed by atoms with E-state index in [0.717, 1.165) is 27.6 Å². The number of carbonyl (C=O) groups is 1. The normalized spacial score (nSPS) is 18.9. The van der Waals surface area contributed by atoms with Crippen molar-refractivity contribution in [2.45, 2.75) is 44.4 Å². The first-order chi connectivity index (χ1) is 20.1. The lowest BCUT2D eigenvalue weighted by molar-refractivity contribution is -0.0147. The second-order valence-corrected chi connectivity index (χ2v) is 13.3. The van der Waals surface area contributed by atoms with Crippen LogP contribution >= 0.6 is 0 Å². The molecule has 222 valence electrons. The van der Waals surface area contributed by atoms with Gasteiger partial charge in [0.25, 0.3) is 5.91 Å². The molecule has 9 heteroatoms. The van der Waals surface area contributed by atoms with Crippen LogP contribution in [0, 0.1) is 12.8 Å². The Hall–Kier alpha value is -3.50. The molecule has 0 fully saturated rings. The van der Waals surface area contributed by atoms with E-state index in [1.165, 1.54) is 4.31 Å². The van der Waals surface area contributed by atoms with Crippen molar-refractivity contribution in [3.8, 4) is 11.1 Å². The van der Waals surface area contributed by atoms with Crippen molar-refractivity contribution >= 4 is 26.8 Å². The summed E-state index contributed by atoms with van der Waals surface area (Å²) in [6.07, 6.45) is -0.527. The van der Waals surface area contributed by atoms with E-state index in [1.54, 1.807) is 37.1 Å². The molecule has 0 saturated heterocycles. The zero-order valence-electron chi connectivity index (χ0n) is 24.8. The third-order valence-corrected chi connectivity index (χ3v) is 10.4. The summed E-state index contributed by atoms with van der Waals surface area (Å²) in [5.41, 5.74) is 4.80. The van der Waals surface area contributed by atoms with Crippen LogP contribution in [0.2, 0.25) is 0 Å². The molecule has 0 radical (unpaired) electrons. The number of likely N-dealkylation sites (N-methyl/N-ethyl adjacent to an activating group) is 1. The first-order valence-corrected chi connectivity index (χ1v) is 15.7. The van der Waals surface area contributed by atoms with Crippen LogP contribution in [-0.2, 0) is 28.4 Å². The Morgan fingerprint density at radius 1 is 1.05 bits per heavy atom. The molecule has 5 rings (SSSR count). The van der Waals surface area contributed by atoms with Crippen molar-refractivity contribution < 1.29 is 23.1 Å². The average Bonchev–Trinajstić information content (AvgIpc) is 3.28. The van der Waals surface area contributed by atoms with Gasteiger partial charge in [0.2, 0.25) is 10.0 Å². The van der Waals surface area contributed by atoms with Crippen molar-refractivity contribution in [2.24, 2.45) is 13.0 Å². The summed E-state index contributed by atoms with van der Waals surface area (Å²) in [6.45, 7) is 6.00. The number of rotatable bonds is 6. The number of para-hydroxylation sites is 1. The van der Waals surface area contributed by atoms with Gasteiger partial charge in [0.15, 0.2) is 0 Å². The van der Waals surface area contributed by atoms with Crippen LogP contribution in [0.4, 0.5) is 0 Å². The molecule has 1 aliphatic heterocycles. The molecule has 0 spiro atoms. The monoisotopic (exact) mass is 589 g/mol. The minimum absolute atomic E-state index is 0.103. The summed E-state index contributed by atoms with van der Waals surface area (Å²) in [7, 11) is -0.310. The number of aliphatic hydroxyl groups is 1. The number of aromatic nitrogens is 1.